The Bertz CT molecular complexity index is 1030. The second-order valence-corrected chi connectivity index (χ2v) is 8.70. The molecular weight excluding hydrogens is 440 g/mol. The maximum Gasteiger partial charge on any atom is 0.295 e. The van der Waals surface area contributed by atoms with Crippen molar-refractivity contribution in [2.75, 3.05) is 26.2 Å². The van der Waals surface area contributed by atoms with Crippen molar-refractivity contribution < 1.29 is 19.4 Å². The Hall–Kier alpha value is -2.83. The van der Waals surface area contributed by atoms with Gasteiger partial charge in [0, 0.05) is 23.7 Å². The molecule has 1 N–H and O–H groups in total. The van der Waals surface area contributed by atoms with Crippen molar-refractivity contribution in [1.29, 1.82) is 0 Å². The van der Waals surface area contributed by atoms with Crippen LogP contribution in [0, 0.1) is 0 Å². The Labute approximate surface area is 200 Å². The van der Waals surface area contributed by atoms with E-state index in [2.05, 4.69) is 18.7 Å². The molecule has 0 aromatic heterocycles. The van der Waals surface area contributed by atoms with Crippen molar-refractivity contribution in [2.45, 2.75) is 39.8 Å². The van der Waals surface area contributed by atoms with Gasteiger partial charge in [-0.15, -0.1) is 0 Å². The van der Waals surface area contributed by atoms with Crippen LogP contribution in [0.5, 0.6) is 5.75 Å². The summed E-state index contributed by atoms with van der Waals surface area (Å²) in [5, 5.41) is 11.7. The van der Waals surface area contributed by atoms with Crippen molar-refractivity contribution in [3.05, 3.63) is 70.3 Å². The number of ether oxygens (including phenoxy) is 1. The van der Waals surface area contributed by atoms with Gasteiger partial charge >= 0.3 is 0 Å². The second kappa shape index (κ2) is 10.9. The zero-order valence-corrected chi connectivity index (χ0v) is 20.3. The fourth-order valence-corrected chi connectivity index (χ4v) is 4.24. The largest absolute Gasteiger partial charge is 0.507 e. The molecule has 1 atom stereocenters. The van der Waals surface area contributed by atoms with Gasteiger partial charge in [-0.1, -0.05) is 37.6 Å². The van der Waals surface area contributed by atoms with Gasteiger partial charge in [0.15, 0.2) is 0 Å². The summed E-state index contributed by atoms with van der Waals surface area (Å²) in [6.07, 6.45) is 0.0170. The van der Waals surface area contributed by atoms with Gasteiger partial charge in [-0.3, -0.25) is 9.59 Å². The summed E-state index contributed by atoms with van der Waals surface area (Å²) in [5.41, 5.74) is 1.20. The lowest BCUT2D eigenvalue weighted by Gasteiger charge is -2.28. The molecule has 1 saturated heterocycles. The van der Waals surface area contributed by atoms with E-state index in [1.54, 1.807) is 42.5 Å². The standard InChI is InChI=1S/C26H31ClN2O4/c1-5-28(6-2)14-15-29-23(19-8-7-9-20(27)16-19)22(25(31)26(29)32)24(30)18-10-12-21(13-11-18)33-17(3)4/h7-13,16-17,23,30H,5-6,14-15H2,1-4H3/b24-22+/t23-/m0/s1. The molecule has 1 aliphatic heterocycles. The number of aliphatic hydroxyl groups is 1. The molecule has 0 unspecified atom stereocenters. The highest BCUT2D eigenvalue weighted by molar-refractivity contribution is 6.46. The molecule has 0 saturated carbocycles. The lowest BCUT2D eigenvalue weighted by atomic mass is 9.95. The number of likely N-dealkylation sites (N-methyl/N-ethyl adjacent to an activating group) is 1. The fourth-order valence-electron chi connectivity index (χ4n) is 4.04. The molecule has 3 rings (SSSR count). The minimum atomic E-state index is -0.717. The van der Waals surface area contributed by atoms with Crippen molar-refractivity contribution in [3.63, 3.8) is 0 Å². The van der Waals surface area contributed by atoms with Gasteiger partial charge in [0.05, 0.1) is 17.7 Å². The van der Waals surface area contributed by atoms with Gasteiger partial charge in [-0.05, 0) is 68.9 Å². The number of ketones is 1. The lowest BCUT2D eigenvalue weighted by molar-refractivity contribution is -0.140. The SMILES string of the molecule is CCN(CC)CCN1C(=O)C(=O)/C(=C(/O)c2ccc(OC(C)C)cc2)[C@@H]1c1cccc(Cl)c1. The highest BCUT2D eigenvalue weighted by atomic mass is 35.5. The van der Waals surface area contributed by atoms with Gasteiger partial charge in [0.1, 0.15) is 11.5 Å². The monoisotopic (exact) mass is 470 g/mol. The Morgan fingerprint density at radius 3 is 2.36 bits per heavy atom. The van der Waals surface area contributed by atoms with E-state index in [0.29, 0.717) is 35.0 Å². The van der Waals surface area contributed by atoms with Gasteiger partial charge in [0.2, 0.25) is 0 Å². The summed E-state index contributed by atoms with van der Waals surface area (Å²) in [6.45, 7) is 10.6. The van der Waals surface area contributed by atoms with Crippen LogP contribution in [0.4, 0.5) is 0 Å². The van der Waals surface area contributed by atoms with Crippen LogP contribution >= 0.6 is 11.6 Å². The van der Waals surface area contributed by atoms with Gasteiger partial charge < -0.3 is 19.6 Å². The number of amides is 1. The highest BCUT2D eigenvalue weighted by Gasteiger charge is 2.46. The first kappa shape index (κ1) is 24.8. The Balaban J connectivity index is 2.05. The molecule has 2 aromatic rings. The molecule has 7 heteroatoms. The lowest BCUT2D eigenvalue weighted by Crippen LogP contribution is -2.38. The van der Waals surface area contributed by atoms with E-state index in [1.165, 1.54) is 4.90 Å². The van der Waals surface area contributed by atoms with Gasteiger partial charge in [-0.25, -0.2) is 0 Å². The molecule has 0 spiro atoms. The van der Waals surface area contributed by atoms with Crippen LogP contribution in [0.15, 0.2) is 54.1 Å². The van der Waals surface area contributed by atoms with E-state index < -0.39 is 17.7 Å². The van der Waals surface area contributed by atoms with Crippen molar-refractivity contribution >= 4 is 29.1 Å². The number of nitrogens with zero attached hydrogens (tertiary/aromatic N) is 2. The molecule has 1 aliphatic rings. The summed E-state index contributed by atoms with van der Waals surface area (Å²) >= 11 is 6.23. The van der Waals surface area contributed by atoms with E-state index in [4.69, 9.17) is 16.3 Å². The van der Waals surface area contributed by atoms with Crippen molar-refractivity contribution in [2.24, 2.45) is 0 Å². The van der Waals surface area contributed by atoms with Crippen LogP contribution in [0.2, 0.25) is 5.02 Å². The van der Waals surface area contributed by atoms with Gasteiger partial charge in [-0.2, -0.15) is 0 Å². The van der Waals surface area contributed by atoms with E-state index in [-0.39, 0.29) is 17.4 Å². The van der Waals surface area contributed by atoms with Crippen LogP contribution in [-0.2, 0) is 9.59 Å². The first-order valence-corrected chi connectivity index (χ1v) is 11.7. The molecule has 0 radical (unpaired) electrons. The van der Waals surface area contributed by atoms with Crippen LogP contribution in [-0.4, -0.2) is 58.9 Å². The minimum absolute atomic E-state index is 0.0170. The smallest absolute Gasteiger partial charge is 0.295 e. The maximum absolute atomic E-state index is 13.1. The first-order valence-electron chi connectivity index (χ1n) is 11.3. The average Bonchev–Trinajstić information content (AvgIpc) is 3.04. The number of halogens is 1. The Morgan fingerprint density at radius 2 is 1.79 bits per heavy atom. The molecule has 0 bridgehead atoms. The highest BCUT2D eigenvalue weighted by Crippen LogP contribution is 2.40. The predicted octanol–water partition coefficient (Wildman–Crippen LogP) is 4.89. The fraction of sp³-hybridized carbons (Fsp3) is 0.385. The van der Waals surface area contributed by atoms with Gasteiger partial charge in [0.25, 0.3) is 11.7 Å². The molecule has 33 heavy (non-hydrogen) atoms. The quantitative estimate of drug-likeness (QED) is 0.321. The number of likely N-dealkylation sites (tertiary alicyclic amines) is 1. The molecule has 1 fully saturated rings. The van der Waals surface area contributed by atoms with E-state index in [1.807, 2.05) is 19.9 Å². The average molecular weight is 471 g/mol. The Kier molecular flexibility index (Phi) is 8.16. The maximum atomic E-state index is 13.1. The summed E-state index contributed by atoms with van der Waals surface area (Å²) < 4.78 is 5.66. The summed E-state index contributed by atoms with van der Waals surface area (Å²) in [4.78, 5) is 29.9. The molecule has 1 amide bonds. The molecule has 6 nitrogen and oxygen atoms in total. The number of Topliss-reactive ketones (excluding diaryl/α,β-unsaturated/α-hetero) is 1. The molecule has 0 aliphatic carbocycles. The summed E-state index contributed by atoms with van der Waals surface area (Å²) in [6, 6.07) is 13.2. The van der Waals surface area contributed by atoms with Crippen molar-refractivity contribution in [1.82, 2.24) is 9.80 Å². The van der Waals surface area contributed by atoms with Crippen molar-refractivity contribution in [3.8, 4) is 5.75 Å². The van der Waals surface area contributed by atoms with Crippen LogP contribution in [0.3, 0.4) is 0 Å². The molecule has 1 heterocycles. The normalized spacial score (nSPS) is 17.9. The first-order chi connectivity index (χ1) is 15.8. The topological polar surface area (TPSA) is 70.1 Å². The minimum Gasteiger partial charge on any atom is -0.507 e. The number of carbonyl (C=O) groups excluding carboxylic acids is 2. The van der Waals surface area contributed by atoms with E-state index in [9.17, 15) is 14.7 Å². The second-order valence-electron chi connectivity index (χ2n) is 8.27. The van der Waals surface area contributed by atoms with E-state index in [0.717, 1.165) is 13.1 Å². The third-order valence-corrected chi connectivity index (χ3v) is 5.99. The molecule has 176 valence electrons. The molecule has 2 aromatic carbocycles. The predicted molar refractivity (Wildman–Crippen MR) is 130 cm³/mol. The number of aliphatic hydroxyl groups excluding tert-OH is 1. The number of carbonyl (C=O) groups is 2. The summed E-state index contributed by atoms with van der Waals surface area (Å²) in [7, 11) is 0. The zero-order valence-electron chi connectivity index (χ0n) is 19.5. The van der Waals surface area contributed by atoms with E-state index >= 15 is 0 Å². The molecular formula is C26H31ClN2O4. The number of benzene rings is 2. The zero-order chi connectivity index (χ0) is 24.1. The number of hydrogen-bond donors (Lipinski definition) is 1. The Morgan fingerprint density at radius 1 is 1.12 bits per heavy atom. The third-order valence-electron chi connectivity index (χ3n) is 5.76. The number of rotatable bonds is 9. The number of hydrogen-bond acceptors (Lipinski definition) is 5. The van der Waals surface area contributed by atoms with Crippen LogP contribution < -0.4 is 4.74 Å². The van der Waals surface area contributed by atoms with Crippen LogP contribution in [0.25, 0.3) is 5.76 Å². The summed E-state index contributed by atoms with van der Waals surface area (Å²) in [5.74, 6) is -0.861. The third kappa shape index (κ3) is 5.57. The van der Waals surface area contributed by atoms with Crippen LogP contribution in [0.1, 0.15) is 44.9 Å².